The fourth-order valence-electron chi connectivity index (χ4n) is 1.45. The van der Waals surface area contributed by atoms with Gasteiger partial charge in [0.25, 0.3) is 5.69 Å². The topological polar surface area (TPSA) is 67.5 Å². The Morgan fingerprint density at radius 1 is 1.15 bits per heavy atom. The molecule has 0 aliphatic carbocycles. The summed E-state index contributed by atoms with van der Waals surface area (Å²) in [6, 6.07) is 11.1. The van der Waals surface area contributed by atoms with Crippen molar-refractivity contribution in [2.45, 2.75) is 0 Å². The average molecular weight is 310 g/mol. The highest BCUT2D eigenvalue weighted by Crippen LogP contribution is 2.24. The molecule has 5 nitrogen and oxygen atoms in total. The van der Waals surface area contributed by atoms with Crippen LogP contribution >= 0.6 is 23.2 Å². The first-order valence-electron chi connectivity index (χ1n) is 5.55. The van der Waals surface area contributed by atoms with E-state index in [2.05, 4.69) is 10.5 Å². The lowest BCUT2D eigenvalue weighted by molar-refractivity contribution is -0.384. The third kappa shape index (κ3) is 3.46. The van der Waals surface area contributed by atoms with Crippen LogP contribution in [0.3, 0.4) is 0 Å². The first-order valence-corrected chi connectivity index (χ1v) is 6.31. The van der Waals surface area contributed by atoms with Crippen LogP contribution in [0.15, 0.2) is 47.6 Å². The number of nitro groups is 1. The van der Waals surface area contributed by atoms with E-state index in [9.17, 15) is 10.1 Å². The number of hydrogen-bond acceptors (Lipinski definition) is 4. The summed E-state index contributed by atoms with van der Waals surface area (Å²) in [5.74, 6) is 0. The number of halogens is 2. The van der Waals surface area contributed by atoms with E-state index in [4.69, 9.17) is 23.2 Å². The van der Waals surface area contributed by atoms with Crippen LogP contribution in [0.25, 0.3) is 0 Å². The van der Waals surface area contributed by atoms with Crippen molar-refractivity contribution in [3.05, 3.63) is 68.2 Å². The molecule has 0 aliphatic rings. The number of hydrazone groups is 1. The van der Waals surface area contributed by atoms with E-state index in [0.717, 1.165) is 0 Å². The molecule has 7 heteroatoms. The number of nitrogens with one attached hydrogen (secondary N) is 1. The fraction of sp³-hybridized carbons (Fsp3) is 0. The molecule has 102 valence electrons. The molecule has 0 unspecified atom stereocenters. The van der Waals surface area contributed by atoms with Crippen LogP contribution in [0.5, 0.6) is 0 Å². The predicted molar refractivity (Wildman–Crippen MR) is 80.8 cm³/mol. The minimum atomic E-state index is -0.460. The van der Waals surface area contributed by atoms with E-state index in [-0.39, 0.29) is 5.69 Å². The Bertz CT molecular complexity index is 657. The first-order chi connectivity index (χ1) is 9.58. The minimum Gasteiger partial charge on any atom is -0.278 e. The number of rotatable bonds is 4. The van der Waals surface area contributed by atoms with Gasteiger partial charge in [0.2, 0.25) is 0 Å². The maximum atomic E-state index is 10.5. The van der Waals surface area contributed by atoms with Gasteiger partial charge in [0.05, 0.1) is 26.9 Å². The van der Waals surface area contributed by atoms with Crippen molar-refractivity contribution in [3.63, 3.8) is 0 Å². The molecule has 0 heterocycles. The van der Waals surface area contributed by atoms with Crippen LogP contribution in [-0.4, -0.2) is 11.1 Å². The molecule has 0 fully saturated rings. The Morgan fingerprint density at radius 2 is 1.85 bits per heavy atom. The summed E-state index contributed by atoms with van der Waals surface area (Å²) in [6.45, 7) is 0. The number of hydrogen-bond donors (Lipinski definition) is 1. The molecule has 2 aromatic carbocycles. The molecule has 0 spiro atoms. The van der Waals surface area contributed by atoms with Gasteiger partial charge in [-0.1, -0.05) is 35.3 Å². The molecule has 0 saturated heterocycles. The molecule has 20 heavy (non-hydrogen) atoms. The summed E-state index contributed by atoms with van der Waals surface area (Å²) in [5, 5.41) is 15.4. The number of anilines is 1. The van der Waals surface area contributed by atoms with Crippen LogP contribution in [0, 0.1) is 10.1 Å². The Balaban J connectivity index is 2.06. The van der Waals surface area contributed by atoms with Gasteiger partial charge in [-0.3, -0.25) is 15.5 Å². The highest BCUT2D eigenvalue weighted by molar-refractivity contribution is 6.43. The van der Waals surface area contributed by atoms with Gasteiger partial charge in [-0.05, 0) is 18.2 Å². The molecule has 0 aromatic heterocycles. The molecular weight excluding hydrogens is 301 g/mol. The zero-order valence-electron chi connectivity index (χ0n) is 10.1. The number of nitrogens with zero attached hydrogens (tertiary/aromatic N) is 2. The second kappa shape index (κ2) is 6.36. The lowest BCUT2D eigenvalue weighted by Crippen LogP contribution is -1.92. The van der Waals surface area contributed by atoms with E-state index < -0.39 is 4.92 Å². The van der Waals surface area contributed by atoms with Crippen LogP contribution in [-0.2, 0) is 0 Å². The monoisotopic (exact) mass is 309 g/mol. The molecule has 2 rings (SSSR count). The normalized spacial score (nSPS) is 10.7. The quantitative estimate of drug-likeness (QED) is 0.518. The lowest BCUT2D eigenvalue weighted by atomic mass is 10.2. The Kier molecular flexibility index (Phi) is 4.55. The van der Waals surface area contributed by atoms with Crippen molar-refractivity contribution in [1.29, 1.82) is 0 Å². The SMILES string of the molecule is O=[N+]([O-])c1ccc(NN=Cc2cccc(Cl)c2Cl)cc1. The predicted octanol–water partition coefficient (Wildman–Crippen LogP) is 4.35. The molecular formula is C13H9Cl2N3O2. The van der Waals surface area contributed by atoms with Gasteiger partial charge in [0.15, 0.2) is 0 Å². The zero-order valence-corrected chi connectivity index (χ0v) is 11.6. The molecule has 0 amide bonds. The van der Waals surface area contributed by atoms with Crippen molar-refractivity contribution in [3.8, 4) is 0 Å². The Labute approximate surface area is 125 Å². The standard InChI is InChI=1S/C13H9Cl2N3O2/c14-12-3-1-2-9(13(12)15)8-16-17-10-4-6-11(7-5-10)18(19)20/h1-8,17H. The van der Waals surface area contributed by atoms with Crippen LogP contribution in [0.4, 0.5) is 11.4 Å². The van der Waals surface area contributed by atoms with Gasteiger partial charge < -0.3 is 0 Å². The molecule has 0 aliphatic heterocycles. The van der Waals surface area contributed by atoms with Gasteiger partial charge in [-0.25, -0.2) is 0 Å². The van der Waals surface area contributed by atoms with Crippen LogP contribution in [0.2, 0.25) is 10.0 Å². The summed E-state index contributed by atoms with van der Waals surface area (Å²) in [6.07, 6.45) is 1.52. The maximum Gasteiger partial charge on any atom is 0.269 e. The largest absolute Gasteiger partial charge is 0.278 e. The van der Waals surface area contributed by atoms with Gasteiger partial charge in [0, 0.05) is 17.7 Å². The second-order valence-corrected chi connectivity index (χ2v) is 4.60. The fourth-order valence-corrected chi connectivity index (χ4v) is 1.81. The van der Waals surface area contributed by atoms with Gasteiger partial charge in [0.1, 0.15) is 0 Å². The number of non-ortho nitro benzene ring substituents is 1. The third-order valence-electron chi connectivity index (χ3n) is 2.46. The average Bonchev–Trinajstić information content (AvgIpc) is 2.44. The summed E-state index contributed by atoms with van der Waals surface area (Å²) in [7, 11) is 0. The second-order valence-electron chi connectivity index (χ2n) is 3.82. The Hall–Kier alpha value is -2.11. The zero-order chi connectivity index (χ0) is 14.5. The van der Waals surface area contributed by atoms with Crippen LogP contribution < -0.4 is 5.43 Å². The first kappa shape index (κ1) is 14.3. The Morgan fingerprint density at radius 3 is 2.50 bits per heavy atom. The minimum absolute atomic E-state index is 0.0254. The summed E-state index contributed by atoms with van der Waals surface area (Å²) >= 11 is 11.9. The summed E-state index contributed by atoms with van der Waals surface area (Å²) in [4.78, 5) is 10.0. The molecule has 0 bridgehead atoms. The third-order valence-corrected chi connectivity index (χ3v) is 3.29. The van der Waals surface area contributed by atoms with Crippen molar-refractivity contribution >= 4 is 40.8 Å². The van der Waals surface area contributed by atoms with Crippen molar-refractivity contribution in [1.82, 2.24) is 0 Å². The van der Waals surface area contributed by atoms with E-state index in [1.165, 1.54) is 18.3 Å². The van der Waals surface area contributed by atoms with Crippen LogP contribution in [0.1, 0.15) is 5.56 Å². The van der Waals surface area contributed by atoms with Gasteiger partial charge in [-0.15, -0.1) is 0 Å². The van der Waals surface area contributed by atoms with Crippen molar-refractivity contribution < 1.29 is 4.92 Å². The molecule has 0 saturated carbocycles. The molecule has 0 radical (unpaired) electrons. The highest BCUT2D eigenvalue weighted by Gasteiger charge is 2.03. The number of benzene rings is 2. The molecule has 1 N–H and O–H groups in total. The summed E-state index contributed by atoms with van der Waals surface area (Å²) < 4.78 is 0. The summed E-state index contributed by atoms with van der Waals surface area (Å²) in [5.41, 5.74) is 4.08. The maximum absolute atomic E-state index is 10.5. The van der Waals surface area contributed by atoms with E-state index >= 15 is 0 Å². The van der Waals surface area contributed by atoms with E-state index in [0.29, 0.717) is 21.3 Å². The van der Waals surface area contributed by atoms with Crippen molar-refractivity contribution in [2.24, 2.45) is 5.10 Å². The molecule has 2 aromatic rings. The molecule has 0 atom stereocenters. The number of nitro benzene ring substituents is 1. The van der Waals surface area contributed by atoms with E-state index in [1.54, 1.807) is 30.3 Å². The highest BCUT2D eigenvalue weighted by atomic mass is 35.5. The van der Waals surface area contributed by atoms with Gasteiger partial charge >= 0.3 is 0 Å². The van der Waals surface area contributed by atoms with Gasteiger partial charge in [-0.2, -0.15) is 5.10 Å². The van der Waals surface area contributed by atoms with E-state index in [1.807, 2.05) is 0 Å². The smallest absolute Gasteiger partial charge is 0.269 e. The lowest BCUT2D eigenvalue weighted by Gasteiger charge is -2.01. The van der Waals surface area contributed by atoms with Crippen molar-refractivity contribution in [2.75, 3.05) is 5.43 Å².